The molecule has 0 saturated carbocycles. The van der Waals surface area contributed by atoms with E-state index in [0.29, 0.717) is 0 Å². The first kappa shape index (κ1) is 6.98. The van der Waals surface area contributed by atoms with Crippen molar-refractivity contribution in [1.82, 2.24) is 0 Å². The molecule has 0 aliphatic carbocycles. The maximum atomic E-state index is 3.87. The van der Waals surface area contributed by atoms with Crippen LogP contribution in [0, 0.1) is 0 Å². The summed E-state index contributed by atoms with van der Waals surface area (Å²) in [7, 11) is 0. The minimum absolute atomic E-state index is 1.10. The molecule has 0 amide bonds. The van der Waals surface area contributed by atoms with E-state index >= 15 is 0 Å². The van der Waals surface area contributed by atoms with Crippen molar-refractivity contribution in [3.8, 4) is 0 Å². The van der Waals surface area contributed by atoms with Gasteiger partial charge >= 0.3 is 0 Å². The second kappa shape index (κ2) is 3.13. The van der Waals surface area contributed by atoms with E-state index in [9.17, 15) is 0 Å². The third-order valence-electron chi connectivity index (χ3n) is 1.69. The zero-order valence-corrected chi connectivity index (χ0v) is 6.51. The molecule has 0 unspecified atom stereocenters. The van der Waals surface area contributed by atoms with Crippen molar-refractivity contribution >= 4 is 12.3 Å². The van der Waals surface area contributed by atoms with Crippen molar-refractivity contribution in [2.24, 2.45) is 10.2 Å². The van der Waals surface area contributed by atoms with Gasteiger partial charge < -0.3 is 0 Å². The fourth-order valence-electron chi connectivity index (χ4n) is 1.10. The number of fused-ring (bicyclic) bond motifs is 1. The van der Waals surface area contributed by atoms with Crippen molar-refractivity contribution in [3.63, 3.8) is 0 Å². The lowest BCUT2D eigenvalue weighted by molar-refractivity contribution is 1.26. The van der Waals surface area contributed by atoms with Crippen LogP contribution in [0.25, 0.3) is 12.3 Å². The van der Waals surface area contributed by atoms with Gasteiger partial charge in [-0.1, -0.05) is 30.3 Å². The molecule has 1 heterocycles. The lowest BCUT2D eigenvalue weighted by Gasteiger charge is -1.88. The molecule has 58 valence electrons. The number of azo groups is 1. The van der Waals surface area contributed by atoms with E-state index < -0.39 is 0 Å². The molecule has 1 aromatic carbocycles. The Morgan fingerprint density at radius 1 is 0.917 bits per heavy atom. The van der Waals surface area contributed by atoms with Crippen LogP contribution in [0.2, 0.25) is 0 Å². The number of allylic oxidation sites excluding steroid dienone is 1. The maximum Gasteiger partial charge on any atom is 0.0574 e. The lowest BCUT2D eigenvalue weighted by Crippen LogP contribution is -2.22. The quantitative estimate of drug-likeness (QED) is 0.539. The summed E-state index contributed by atoms with van der Waals surface area (Å²) in [5.41, 5.74) is 0. The summed E-state index contributed by atoms with van der Waals surface area (Å²) in [6, 6.07) is 8.07. The minimum atomic E-state index is 1.10. The SMILES string of the molecule is C1=C\N=N/C=c2/cccc/c2=C/1. The van der Waals surface area contributed by atoms with Crippen LogP contribution in [0.3, 0.4) is 0 Å². The Balaban J connectivity index is 2.80. The molecule has 0 aromatic heterocycles. The van der Waals surface area contributed by atoms with Gasteiger partial charge in [-0.3, -0.25) is 0 Å². The predicted molar refractivity (Wildman–Crippen MR) is 48.6 cm³/mol. The molecule has 1 aliphatic heterocycles. The average molecular weight is 156 g/mol. The summed E-state index contributed by atoms with van der Waals surface area (Å²) >= 11 is 0. The molecule has 0 atom stereocenters. The Morgan fingerprint density at radius 2 is 1.75 bits per heavy atom. The Bertz CT molecular complexity index is 398. The largest absolute Gasteiger partial charge is 0.159 e. The third kappa shape index (κ3) is 1.32. The van der Waals surface area contributed by atoms with Crippen LogP contribution in [0.4, 0.5) is 0 Å². The standard InChI is InChI=1S/C10H8N2/c1-2-5-10-8-12-11-7-3-6-9(10)4-1/h1-8H/b6-3?,7-3-,9-6-,10-8-,11-7?,12-8?,12-11-. The van der Waals surface area contributed by atoms with Crippen LogP contribution in [-0.2, 0) is 0 Å². The van der Waals surface area contributed by atoms with Crippen molar-refractivity contribution in [1.29, 1.82) is 0 Å². The average Bonchev–Trinajstić information content (AvgIpc) is 2.06. The van der Waals surface area contributed by atoms with Crippen molar-refractivity contribution < 1.29 is 0 Å². The number of rotatable bonds is 0. The molecular weight excluding hydrogens is 148 g/mol. The van der Waals surface area contributed by atoms with E-state index in [-0.39, 0.29) is 0 Å². The maximum absolute atomic E-state index is 3.87. The molecule has 0 fully saturated rings. The van der Waals surface area contributed by atoms with Gasteiger partial charge in [0.15, 0.2) is 0 Å². The molecule has 1 aliphatic rings. The molecule has 2 rings (SSSR count). The molecule has 0 radical (unpaired) electrons. The summed E-state index contributed by atoms with van der Waals surface area (Å²) < 4.78 is 0. The van der Waals surface area contributed by atoms with Crippen LogP contribution >= 0.6 is 0 Å². The van der Waals surface area contributed by atoms with Crippen LogP contribution in [-0.4, -0.2) is 0 Å². The number of nitrogens with zero attached hydrogens (tertiary/aromatic N) is 2. The third-order valence-corrected chi connectivity index (χ3v) is 1.69. The highest BCUT2D eigenvalue weighted by molar-refractivity contribution is 5.39. The highest BCUT2D eigenvalue weighted by Gasteiger charge is 1.82. The minimum Gasteiger partial charge on any atom is -0.159 e. The molecule has 0 saturated heterocycles. The molecule has 2 nitrogen and oxygen atoms in total. The zero-order chi connectivity index (χ0) is 8.23. The summed E-state index contributed by atoms with van der Waals surface area (Å²) in [6.45, 7) is 0. The molecule has 2 heteroatoms. The summed E-state index contributed by atoms with van der Waals surface area (Å²) in [4.78, 5) is 0. The fourth-order valence-corrected chi connectivity index (χ4v) is 1.10. The topological polar surface area (TPSA) is 24.7 Å². The van der Waals surface area contributed by atoms with Crippen LogP contribution in [0.5, 0.6) is 0 Å². The van der Waals surface area contributed by atoms with E-state index in [4.69, 9.17) is 0 Å². The Morgan fingerprint density at radius 3 is 2.67 bits per heavy atom. The van der Waals surface area contributed by atoms with Crippen molar-refractivity contribution in [3.05, 3.63) is 47.0 Å². The summed E-state index contributed by atoms with van der Waals surface area (Å²) in [5.74, 6) is 0. The first-order chi connectivity index (χ1) is 5.97. The monoisotopic (exact) mass is 156 g/mol. The number of benzene rings is 1. The van der Waals surface area contributed by atoms with Crippen molar-refractivity contribution in [2.75, 3.05) is 0 Å². The van der Waals surface area contributed by atoms with Gasteiger partial charge in [0.05, 0.1) is 6.20 Å². The first-order valence-corrected chi connectivity index (χ1v) is 3.79. The predicted octanol–water partition coefficient (Wildman–Crippen LogP) is 1.18. The molecule has 12 heavy (non-hydrogen) atoms. The molecular formula is C10H8N2. The summed E-state index contributed by atoms with van der Waals surface area (Å²) in [5, 5.41) is 9.93. The Hall–Kier alpha value is -1.70. The van der Waals surface area contributed by atoms with Gasteiger partial charge in [0, 0.05) is 11.4 Å². The first-order valence-electron chi connectivity index (χ1n) is 3.79. The highest BCUT2D eigenvalue weighted by Crippen LogP contribution is 1.84. The van der Waals surface area contributed by atoms with Crippen molar-refractivity contribution in [2.45, 2.75) is 0 Å². The normalized spacial score (nSPS) is 24.7. The van der Waals surface area contributed by atoms with Crippen LogP contribution in [0.1, 0.15) is 0 Å². The smallest absolute Gasteiger partial charge is 0.0574 e. The lowest BCUT2D eigenvalue weighted by atomic mass is 10.2. The zero-order valence-electron chi connectivity index (χ0n) is 6.51. The number of hydrogen-bond donors (Lipinski definition) is 0. The molecule has 0 spiro atoms. The molecule has 0 N–H and O–H groups in total. The van der Waals surface area contributed by atoms with Gasteiger partial charge in [0.2, 0.25) is 0 Å². The molecule has 1 aromatic rings. The summed E-state index contributed by atoms with van der Waals surface area (Å²) in [6.07, 6.45) is 7.33. The van der Waals surface area contributed by atoms with Gasteiger partial charge in [-0.2, -0.15) is 10.2 Å². The Labute approximate surface area is 70.3 Å². The van der Waals surface area contributed by atoms with Gasteiger partial charge in [0.25, 0.3) is 0 Å². The number of hydrogen-bond acceptors (Lipinski definition) is 2. The second-order valence-electron chi connectivity index (χ2n) is 2.50. The fraction of sp³-hybridized carbons (Fsp3) is 0. The second-order valence-corrected chi connectivity index (χ2v) is 2.50. The van der Waals surface area contributed by atoms with Gasteiger partial charge in [0.1, 0.15) is 0 Å². The van der Waals surface area contributed by atoms with E-state index in [1.165, 1.54) is 5.22 Å². The van der Waals surface area contributed by atoms with E-state index in [1.807, 2.05) is 30.4 Å². The Kier molecular flexibility index (Phi) is 1.82. The van der Waals surface area contributed by atoms with Gasteiger partial charge in [-0.05, 0) is 11.3 Å². The van der Waals surface area contributed by atoms with Crippen LogP contribution in [0.15, 0.2) is 46.8 Å². The van der Waals surface area contributed by atoms with Crippen LogP contribution < -0.4 is 10.4 Å². The highest BCUT2D eigenvalue weighted by atomic mass is 15.1. The van der Waals surface area contributed by atoms with E-state index in [1.54, 1.807) is 12.4 Å². The van der Waals surface area contributed by atoms with Gasteiger partial charge in [-0.25, -0.2) is 0 Å². The molecule has 0 bridgehead atoms. The van der Waals surface area contributed by atoms with E-state index in [0.717, 1.165) is 5.22 Å². The van der Waals surface area contributed by atoms with Gasteiger partial charge in [-0.15, -0.1) is 0 Å². The van der Waals surface area contributed by atoms with E-state index in [2.05, 4.69) is 16.3 Å².